The van der Waals surface area contributed by atoms with Gasteiger partial charge in [-0.2, -0.15) is 0 Å². The number of anilines is 1. The van der Waals surface area contributed by atoms with Crippen LogP contribution >= 0.6 is 23.7 Å². The molecule has 1 aliphatic heterocycles. The van der Waals surface area contributed by atoms with E-state index in [9.17, 15) is 14.7 Å². The third-order valence-corrected chi connectivity index (χ3v) is 4.90. The van der Waals surface area contributed by atoms with E-state index in [-0.39, 0.29) is 23.4 Å². The number of aromatic nitrogens is 3. The van der Waals surface area contributed by atoms with Gasteiger partial charge in [0.1, 0.15) is 11.4 Å². The van der Waals surface area contributed by atoms with E-state index >= 15 is 0 Å². The molecule has 0 amide bonds. The summed E-state index contributed by atoms with van der Waals surface area (Å²) in [5, 5.41) is 15.3. The van der Waals surface area contributed by atoms with Crippen LogP contribution in [0.1, 0.15) is 10.4 Å². The average Bonchev–Trinajstić information content (AvgIpc) is 3.16. The third kappa shape index (κ3) is 3.16. The molecule has 0 unspecified atom stereocenters. The van der Waals surface area contributed by atoms with Gasteiger partial charge < -0.3 is 15.3 Å². The second kappa shape index (κ2) is 7.40. The number of thiazole rings is 1. The fourth-order valence-electron chi connectivity index (χ4n) is 2.90. The van der Waals surface area contributed by atoms with Crippen LogP contribution in [0.3, 0.4) is 0 Å². The van der Waals surface area contributed by atoms with Crippen molar-refractivity contribution in [3.8, 4) is 5.13 Å². The molecule has 0 spiro atoms. The summed E-state index contributed by atoms with van der Waals surface area (Å²) in [6.45, 7) is 3.40. The molecule has 1 aliphatic rings. The van der Waals surface area contributed by atoms with Gasteiger partial charge in [0.15, 0.2) is 10.8 Å². The van der Waals surface area contributed by atoms with E-state index in [1.807, 2.05) is 0 Å². The molecule has 4 rings (SSSR count). The van der Waals surface area contributed by atoms with Crippen molar-refractivity contribution < 1.29 is 9.90 Å². The van der Waals surface area contributed by atoms with Crippen LogP contribution in [-0.2, 0) is 0 Å². The number of carbonyl (C=O) groups is 1. The minimum Gasteiger partial charge on any atom is -0.477 e. The van der Waals surface area contributed by atoms with E-state index in [0.717, 1.165) is 32.0 Å². The van der Waals surface area contributed by atoms with Crippen LogP contribution in [0.15, 0.2) is 34.7 Å². The monoisotopic (exact) mass is 393 g/mol. The molecule has 26 heavy (non-hydrogen) atoms. The predicted molar refractivity (Wildman–Crippen MR) is 102 cm³/mol. The lowest BCUT2D eigenvalue weighted by Gasteiger charge is -2.28. The molecule has 136 valence electrons. The van der Waals surface area contributed by atoms with Gasteiger partial charge in [-0.25, -0.2) is 14.8 Å². The number of fused-ring (bicyclic) bond motifs is 1. The van der Waals surface area contributed by atoms with Crippen molar-refractivity contribution in [1.29, 1.82) is 0 Å². The Morgan fingerprint density at radius 3 is 2.69 bits per heavy atom. The average molecular weight is 394 g/mol. The summed E-state index contributed by atoms with van der Waals surface area (Å²) in [6.07, 6.45) is 2.94. The van der Waals surface area contributed by atoms with Crippen molar-refractivity contribution in [3.05, 3.63) is 45.7 Å². The second-order valence-corrected chi connectivity index (χ2v) is 6.51. The first-order valence-electron chi connectivity index (χ1n) is 7.80. The zero-order valence-electron chi connectivity index (χ0n) is 13.6. The van der Waals surface area contributed by atoms with Gasteiger partial charge in [-0.1, -0.05) is 0 Å². The first kappa shape index (κ1) is 18.3. The van der Waals surface area contributed by atoms with Crippen LogP contribution in [-0.4, -0.2) is 51.8 Å². The first-order valence-corrected chi connectivity index (χ1v) is 8.68. The van der Waals surface area contributed by atoms with Crippen LogP contribution in [0, 0.1) is 0 Å². The second-order valence-electron chi connectivity index (χ2n) is 5.64. The summed E-state index contributed by atoms with van der Waals surface area (Å²) in [5.74, 6) is -0.495. The zero-order valence-corrected chi connectivity index (χ0v) is 15.2. The Labute approximate surface area is 158 Å². The summed E-state index contributed by atoms with van der Waals surface area (Å²) < 4.78 is 1.58. The fourth-order valence-corrected chi connectivity index (χ4v) is 3.51. The quantitative estimate of drug-likeness (QED) is 0.693. The number of piperazine rings is 1. The molecule has 2 N–H and O–H groups in total. The van der Waals surface area contributed by atoms with E-state index in [1.165, 1.54) is 17.5 Å². The Morgan fingerprint density at radius 1 is 1.27 bits per heavy atom. The molecule has 4 heterocycles. The Kier molecular flexibility index (Phi) is 5.21. The molecule has 0 aromatic carbocycles. The third-order valence-electron chi connectivity index (χ3n) is 4.13. The minimum absolute atomic E-state index is 0. The minimum atomic E-state index is -1.26. The number of halogens is 1. The van der Waals surface area contributed by atoms with E-state index in [0.29, 0.717) is 10.8 Å². The molecule has 10 heteroatoms. The molecule has 0 aliphatic carbocycles. The highest BCUT2D eigenvalue weighted by Crippen LogP contribution is 2.21. The molecule has 0 atom stereocenters. The lowest BCUT2D eigenvalue weighted by atomic mass is 10.2. The Balaban J connectivity index is 0.00000196. The molecular formula is C16H16ClN5O3S. The van der Waals surface area contributed by atoms with Gasteiger partial charge >= 0.3 is 5.97 Å². The summed E-state index contributed by atoms with van der Waals surface area (Å²) >= 11 is 1.35. The number of nitrogens with zero attached hydrogens (tertiary/aromatic N) is 4. The van der Waals surface area contributed by atoms with Gasteiger partial charge in [0.25, 0.3) is 0 Å². The lowest BCUT2D eigenvalue weighted by Crippen LogP contribution is -2.43. The fraction of sp³-hybridized carbons (Fsp3) is 0.250. The van der Waals surface area contributed by atoms with E-state index in [4.69, 9.17) is 0 Å². The van der Waals surface area contributed by atoms with Gasteiger partial charge in [0, 0.05) is 44.0 Å². The van der Waals surface area contributed by atoms with Gasteiger partial charge in [-0.15, -0.1) is 23.7 Å². The molecule has 0 bridgehead atoms. The zero-order chi connectivity index (χ0) is 17.4. The maximum absolute atomic E-state index is 12.5. The molecule has 8 nitrogen and oxygen atoms in total. The predicted octanol–water partition coefficient (Wildman–Crippen LogP) is 1.37. The number of carboxylic acids is 1. The molecule has 1 fully saturated rings. The van der Waals surface area contributed by atoms with Crippen molar-refractivity contribution >= 4 is 46.6 Å². The van der Waals surface area contributed by atoms with Gasteiger partial charge in [0.2, 0.25) is 5.43 Å². The number of aromatic carboxylic acids is 1. The van der Waals surface area contributed by atoms with Gasteiger partial charge in [-0.3, -0.25) is 9.36 Å². The van der Waals surface area contributed by atoms with Gasteiger partial charge in [0.05, 0.1) is 5.39 Å². The number of hydrogen-bond acceptors (Lipinski definition) is 7. The Morgan fingerprint density at radius 2 is 2.04 bits per heavy atom. The molecule has 0 radical (unpaired) electrons. The van der Waals surface area contributed by atoms with E-state index in [2.05, 4.69) is 20.2 Å². The van der Waals surface area contributed by atoms with Crippen LogP contribution in [0.4, 0.5) is 5.82 Å². The molecule has 3 aromatic heterocycles. The van der Waals surface area contributed by atoms with Gasteiger partial charge in [-0.05, 0) is 12.1 Å². The SMILES string of the molecule is Cl.O=C(O)c1cn(-c2nccs2)c2nc(N3CCNCC3)ccc2c1=O. The van der Waals surface area contributed by atoms with Crippen LogP contribution in [0.25, 0.3) is 16.2 Å². The highest BCUT2D eigenvalue weighted by molar-refractivity contribution is 7.12. The Bertz CT molecular complexity index is 999. The van der Waals surface area contributed by atoms with Crippen LogP contribution < -0.4 is 15.6 Å². The van der Waals surface area contributed by atoms with Crippen LogP contribution in [0.2, 0.25) is 0 Å². The largest absolute Gasteiger partial charge is 0.477 e. The molecular weight excluding hydrogens is 378 g/mol. The molecule has 1 saturated heterocycles. The van der Waals surface area contributed by atoms with Crippen molar-refractivity contribution in [1.82, 2.24) is 19.9 Å². The number of hydrogen-bond donors (Lipinski definition) is 2. The maximum atomic E-state index is 12.5. The topological polar surface area (TPSA) is 100 Å². The van der Waals surface area contributed by atoms with Crippen molar-refractivity contribution in [3.63, 3.8) is 0 Å². The summed E-state index contributed by atoms with van der Waals surface area (Å²) in [5.41, 5.74) is -0.407. The lowest BCUT2D eigenvalue weighted by molar-refractivity contribution is 0.0695. The summed E-state index contributed by atoms with van der Waals surface area (Å²) in [7, 11) is 0. The van der Waals surface area contributed by atoms with Crippen molar-refractivity contribution in [2.45, 2.75) is 0 Å². The normalized spacial score (nSPS) is 14.2. The maximum Gasteiger partial charge on any atom is 0.341 e. The highest BCUT2D eigenvalue weighted by atomic mass is 35.5. The first-order chi connectivity index (χ1) is 12.1. The van der Waals surface area contributed by atoms with E-state index in [1.54, 1.807) is 28.3 Å². The smallest absolute Gasteiger partial charge is 0.341 e. The highest BCUT2D eigenvalue weighted by Gasteiger charge is 2.19. The number of pyridine rings is 2. The molecule has 3 aromatic rings. The summed E-state index contributed by atoms with van der Waals surface area (Å²) in [6, 6.07) is 3.42. The van der Waals surface area contributed by atoms with Crippen molar-refractivity contribution in [2.75, 3.05) is 31.1 Å². The Hall–Kier alpha value is -2.49. The van der Waals surface area contributed by atoms with E-state index < -0.39 is 11.4 Å². The van der Waals surface area contributed by atoms with Crippen molar-refractivity contribution in [2.24, 2.45) is 0 Å². The molecule has 0 saturated carbocycles. The van der Waals surface area contributed by atoms with Crippen LogP contribution in [0.5, 0.6) is 0 Å². The number of carboxylic acid groups (broad SMARTS) is 1. The summed E-state index contributed by atoms with van der Waals surface area (Å²) in [4.78, 5) is 35.0. The number of nitrogens with one attached hydrogen (secondary N) is 1. The number of rotatable bonds is 3. The standard InChI is InChI=1S/C16H15N5O3S.ClH/c22-13-10-1-2-12(20-6-3-17-4-7-20)19-14(10)21(9-11(13)15(23)24)16-18-5-8-25-16;/h1-2,5,8-9,17H,3-4,6-7H2,(H,23,24);1H.